The number of aliphatic hydroxyl groups excluding tert-OH is 2. The largest absolute Gasteiger partial charge is 0.472 e. The quantitative estimate of drug-likeness (QED) is 0.0792. The highest BCUT2D eigenvalue weighted by Crippen LogP contribution is 2.57. The van der Waals surface area contributed by atoms with Gasteiger partial charge in [0, 0.05) is 6.42 Å². The molecule has 0 aromatic carbocycles. The molecule has 3 aliphatic rings. The van der Waals surface area contributed by atoms with Crippen LogP contribution in [0.4, 0.5) is 11.8 Å². The van der Waals surface area contributed by atoms with Crippen LogP contribution >= 0.6 is 38.0 Å². The monoisotopic (exact) mass is 736 g/mol. The van der Waals surface area contributed by atoms with Crippen LogP contribution in [-0.2, 0) is 39.4 Å². The van der Waals surface area contributed by atoms with Crippen molar-refractivity contribution in [2.24, 2.45) is 0 Å². The van der Waals surface area contributed by atoms with Crippen molar-refractivity contribution >= 4 is 83.9 Å². The number of thiol groups is 1. The molecule has 46 heavy (non-hydrogen) atoms. The van der Waals surface area contributed by atoms with Gasteiger partial charge in [-0.1, -0.05) is 11.8 Å². The molecule has 2 bridgehead atoms. The van der Waals surface area contributed by atoms with Crippen molar-refractivity contribution in [3.8, 4) is 0 Å². The van der Waals surface area contributed by atoms with Crippen LogP contribution in [0.25, 0.3) is 22.3 Å². The van der Waals surface area contributed by atoms with Crippen LogP contribution < -0.4 is 17.0 Å². The molecular weight excluding hydrogens is 710 g/mol. The predicted molar refractivity (Wildman–Crippen MR) is 168 cm³/mol. The maximum Gasteiger partial charge on any atom is 0.472 e. The van der Waals surface area contributed by atoms with Gasteiger partial charge in [-0.15, -0.1) is 24.0 Å². The van der Waals surface area contributed by atoms with Crippen LogP contribution in [0.5, 0.6) is 0 Å². The van der Waals surface area contributed by atoms with E-state index in [1.165, 1.54) is 23.5 Å². The molecule has 4 aromatic rings. The first-order valence-electron chi connectivity index (χ1n) is 13.4. The molecule has 10 atom stereocenters. The van der Waals surface area contributed by atoms with E-state index in [0.717, 1.165) is 11.8 Å². The average Bonchev–Trinajstić information content (AvgIpc) is 3.80. The molecule has 4 aromatic heterocycles. The summed E-state index contributed by atoms with van der Waals surface area (Å²) < 4.78 is 45.6. The number of rotatable bonds is 10. The lowest BCUT2D eigenvalue weighted by molar-refractivity contribution is -0.267. The number of nitrogens with zero attached hydrogens (tertiary/aromatic N) is 7. The summed E-state index contributed by atoms with van der Waals surface area (Å²) >= 11 is 10.4. The van der Waals surface area contributed by atoms with Gasteiger partial charge in [0.1, 0.15) is 41.2 Å². The van der Waals surface area contributed by atoms with E-state index in [-0.39, 0.29) is 29.4 Å². The molecule has 0 saturated carbocycles. The average molecular weight is 737 g/mol. The number of nitrogens with one attached hydrogen (secondary N) is 1. The fraction of sp³-hybridized carbons (Fsp3) is 0.524. The molecule has 8 N–H and O–H groups in total. The van der Waals surface area contributed by atoms with Crippen molar-refractivity contribution in [3.05, 3.63) is 29.3 Å². The molecule has 25 heteroatoms. The van der Waals surface area contributed by atoms with E-state index in [1.807, 2.05) is 0 Å². The SMILES string of the molecule is Nc1nc2c(ncn2C2S[C@H](CO)[C@@H](O)[C@H]2OP(=O)(O)OC[C@@]23C[C@@H](OC2O[PH](=S)S)[C@H](n2cnc4c(N)ncnc42)O3)c(=O)[nH]1. The lowest BCUT2D eigenvalue weighted by atomic mass is 10.0. The second-order valence-electron chi connectivity index (χ2n) is 10.6. The Morgan fingerprint density at radius 1 is 1.24 bits per heavy atom. The fourth-order valence-electron chi connectivity index (χ4n) is 5.75. The first kappa shape index (κ1) is 32.3. The third-order valence-corrected chi connectivity index (χ3v) is 11.3. The number of nitrogen functional groups attached to an aromatic ring is 2. The molecule has 0 radical (unpaired) electrons. The number of aromatic amines is 1. The van der Waals surface area contributed by atoms with Crippen molar-refractivity contribution in [1.82, 2.24) is 39.0 Å². The topological polar surface area (TPSA) is 283 Å². The number of hydrogen-bond donors (Lipinski definition) is 7. The summed E-state index contributed by atoms with van der Waals surface area (Å²) in [5.74, 6) is -0.0230. The number of imidazole rings is 2. The molecule has 3 saturated heterocycles. The van der Waals surface area contributed by atoms with Crippen molar-refractivity contribution in [2.45, 2.75) is 53.5 Å². The van der Waals surface area contributed by atoms with Crippen molar-refractivity contribution in [3.63, 3.8) is 0 Å². The van der Waals surface area contributed by atoms with Gasteiger partial charge >= 0.3 is 7.82 Å². The zero-order valence-electron chi connectivity index (χ0n) is 23.1. The standard InChI is InChI=1S/C21H26N10O10P2S3/c22-13-9-14(25-4-24-13)30(5-26-9)17-7-1-21(39-17,19(38-7)40-42(44)45)3-37-43(35,36)41-12-11(33)8(2-32)46-18(12)31-6-27-10-15(31)28-20(23)29-16(10)34/h4-8,11-12,17-19,32-33,42H,1-3H2,(H,35,36)(H,44,45)(H2,22,24,25)(H3,23,28,29,34)/t7-,8-,11-,12-,17-,18?,19?,21+/m1/s1. The number of ether oxygens (including phenoxy) is 2. The summed E-state index contributed by atoms with van der Waals surface area (Å²) in [6.07, 6.45) is -3.31. The van der Waals surface area contributed by atoms with Gasteiger partial charge in [-0.05, 0) is 0 Å². The van der Waals surface area contributed by atoms with Gasteiger partial charge < -0.3 is 40.6 Å². The van der Waals surface area contributed by atoms with E-state index in [0.29, 0.717) is 11.2 Å². The Labute approximate surface area is 272 Å². The lowest BCUT2D eigenvalue weighted by Crippen LogP contribution is -2.47. The van der Waals surface area contributed by atoms with Crippen molar-refractivity contribution in [2.75, 3.05) is 24.7 Å². The predicted octanol–water partition coefficient (Wildman–Crippen LogP) is -0.572. The van der Waals surface area contributed by atoms with Gasteiger partial charge in [0.15, 0.2) is 35.1 Å². The highest BCUT2D eigenvalue weighted by molar-refractivity contribution is 8.54. The second-order valence-corrected chi connectivity index (χ2v) is 17.3. The van der Waals surface area contributed by atoms with E-state index in [2.05, 4.69) is 42.2 Å². The number of hydrogen-bond acceptors (Lipinski definition) is 18. The van der Waals surface area contributed by atoms with Crippen LogP contribution in [0.2, 0.25) is 0 Å². The molecule has 0 aliphatic carbocycles. The number of anilines is 2. The number of phosphoric acid groups is 1. The Bertz CT molecular complexity index is 1950. The first-order chi connectivity index (χ1) is 21.9. The van der Waals surface area contributed by atoms with Crippen molar-refractivity contribution in [1.29, 1.82) is 0 Å². The van der Waals surface area contributed by atoms with E-state index >= 15 is 0 Å². The Kier molecular flexibility index (Phi) is 8.44. The summed E-state index contributed by atoms with van der Waals surface area (Å²) in [6, 6.07) is 0. The normalized spacial score (nSPS) is 32.8. The molecule has 0 spiro atoms. The summed E-state index contributed by atoms with van der Waals surface area (Å²) in [4.78, 5) is 46.2. The molecule has 0 amide bonds. The highest BCUT2D eigenvalue weighted by atomic mass is 32.9. The van der Waals surface area contributed by atoms with Gasteiger partial charge in [0.25, 0.3) is 5.56 Å². The first-order valence-corrected chi connectivity index (χ1v) is 19.6. The van der Waals surface area contributed by atoms with Crippen LogP contribution in [-0.4, -0.2) is 103 Å². The minimum Gasteiger partial charge on any atom is -0.395 e. The Morgan fingerprint density at radius 2 is 2.00 bits per heavy atom. The molecule has 4 unspecified atom stereocenters. The second kappa shape index (κ2) is 12.0. The molecular formula is C21H26N10O10P2S3. The van der Waals surface area contributed by atoms with Gasteiger partial charge in [-0.25, -0.2) is 24.5 Å². The van der Waals surface area contributed by atoms with E-state index in [4.69, 9.17) is 46.3 Å². The Morgan fingerprint density at radius 3 is 2.76 bits per heavy atom. The van der Waals surface area contributed by atoms with Gasteiger partial charge in [-0.3, -0.25) is 28.0 Å². The third kappa shape index (κ3) is 5.55. The summed E-state index contributed by atoms with van der Waals surface area (Å²) in [5.41, 5.74) is 10.3. The molecule has 7 rings (SSSR count). The fourth-order valence-corrected chi connectivity index (χ4v) is 9.24. The summed E-state index contributed by atoms with van der Waals surface area (Å²) in [7, 11) is -5.00. The third-order valence-electron chi connectivity index (χ3n) is 7.76. The molecule has 7 heterocycles. The summed E-state index contributed by atoms with van der Waals surface area (Å²) in [5, 5.41) is 19.0. The van der Waals surface area contributed by atoms with Crippen LogP contribution in [0, 0.1) is 0 Å². The molecule has 20 nitrogen and oxygen atoms in total. The lowest BCUT2D eigenvalue weighted by Gasteiger charge is -2.37. The van der Waals surface area contributed by atoms with Gasteiger partial charge in [-0.2, -0.15) is 4.98 Å². The van der Waals surface area contributed by atoms with E-state index in [1.54, 1.807) is 4.57 Å². The van der Waals surface area contributed by atoms with Crippen LogP contribution in [0.3, 0.4) is 0 Å². The maximum absolute atomic E-state index is 13.5. The smallest absolute Gasteiger partial charge is 0.395 e. The Hall–Kier alpha value is -2.24. The zero-order chi connectivity index (χ0) is 32.5. The number of aromatic nitrogens is 8. The molecule has 3 fully saturated rings. The molecule has 248 valence electrons. The number of nitrogens with two attached hydrogens (primary N) is 2. The number of thioether (sulfide) groups is 1. The minimum absolute atomic E-state index is 0.0394. The van der Waals surface area contributed by atoms with Crippen LogP contribution in [0.15, 0.2) is 23.8 Å². The number of fused-ring (bicyclic) bond motifs is 4. The number of phosphoric ester groups is 1. The van der Waals surface area contributed by atoms with Crippen molar-refractivity contribution < 1.29 is 42.7 Å². The molecule has 3 aliphatic heterocycles. The van der Waals surface area contributed by atoms with Gasteiger partial charge in [0.05, 0.1) is 37.2 Å². The van der Waals surface area contributed by atoms with Gasteiger partial charge in [0.2, 0.25) is 5.95 Å². The summed E-state index contributed by atoms with van der Waals surface area (Å²) in [6.45, 7) is -1.06. The maximum atomic E-state index is 13.5. The number of aliphatic hydroxyl groups is 2. The number of H-pyrrole nitrogens is 1. The van der Waals surface area contributed by atoms with E-state index < -0.39 is 79.8 Å². The van der Waals surface area contributed by atoms with E-state index in [9.17, 15) is 24.5 Å². The minimum atomic E-state index is -5.00. The van der Waals surface area contributed by atoms with Crippen LogP contribution in [0.1, 0.15) is 18.0 Å². The Balaban J connectivity index is 1.14. The zero-order valence-corrected chi connectivity index (χ0v) is 27.5. The highest BCUT2D eigenvalue weighted by Gasteiger charge is 2.62.